The summed E-state index contributed by atoms with van der Waals surface area (Å²) in [5.74, 6) is 0.877. The highest BCUT2D eigenvalue weighted by Crippen LogP contribution is 2.22. The van der Waals surface area contributed by atoms with Gasteiger partial charge in [0.05, 0.1) is 57.4 Å². The van der Waals surface area contributed by atoms with Crippen molar-refractivity contribution in [2.45, 2.75) is 19.9 Å². The van der Waals surface area contributed by atoms with Crippen molar-refractivity contribution in [3.8, 4) is 17.1 Å². The van der Waals surface area contributed by atoms with Crippen molar-refractivity contribution in [3.05, 3.63) is 40.9 Å². The Morgan fingerprint density at radius 1 is 1.18 bits per heavy atom. The van der Waals surface area contributed by atoms with E-state index in [0.29, 0.717) is 49.2 Å². The van der Waals surface area contributed by atoms with Crippen molar-refractivity contribution in [2.75, 3.05) is 65.0 Å². The van der Waals surface area contributed by atoms with Crippen LogP contribution in [-0.2, 0) is 16.0 Å². The first-order valence-corrected chi connectivity index (χ1v) is 11.8. The van der Waals surface area contributed by atoms with Crippen LogP contribution in [0.25, 0.3) is 22.3 Å². The molecule has 0 amide bonds. The fourth-order valence-electron chi connectivity index (χ4n) is 3.96. The van der Waals surface area contributed by atoms with Gasteiger partial charge in [0.15, 0.2) is 5.82 Å². The Bertz CT molecular complexity index is 1130. The van der Waals surface area contributed by atoms with Gasteiger partial charge in [-0.2, -0.15) is 0 Å². The van der Waals surface area contributed by atoms with Crippen molar-refractivity contribution in [3.63, 3.8) is 0 Å². The number of methoxy groups -OCH3 is 1. The van der Waals surface area contributed by atoms with Crippen LogP contribution < -0.4 is 20.5 Å². The number of hydrogen-bond acceptors (Lipinski definition) is 8. The molecule has 10 nitrogen and oxygen atoms in total. The number of nitrogens with zero attached hydrogens (tertiary/aromatic N) is 4. The summed E-state index contributed by atoms with van der Waals surface area (Å²) in [6, 6.07) is 5.56. The number of nitrogens with one attached hydrogen (secondary N) is 2. The van der Waals surface area contributed by atoms with E-state index in [0.717, 1.165) is 50.3 Å². The summed E-state index contributed by atoms with van der Waals surface area (Å²) in [6.07, 6.45) is 4.34. The minimum absolute atomic E-state index is 0.158. The minimum atomic E-state index is -0.158. The van der Waals surface area contributed by atoms with E-state index < -0.39 is 0 Å². The Labute approximate surface area is 198 Å². The molecule has 0 saturated carbocycles. The molecule has 3 aromatic rings. The van der Waals surface area contributed by atoms with Crippen molar-refractivity contribution in [1.29, 1.82) is 0 Å². The monoisotopic (exact) mass is 469 g/mol. The second kappa shape index (κ2) is 11.9. The third-order valence-corrected chi connectivity index (χ3v) is 5.85. The molecular weight excluding hydrogens is 436 g/mol. The Kier molecular flexibility index (Phi) is 8.40. The number of pyridine rings is 2. The van der Waals surface area contributed by atoms with Gasteiger partial charge in [0, 0.05) is 31.0 Å². The zero-order valence-electron chi connectivity index (χ0n) is 19.9. The molecule has 4 heterocycles. The number of hydrogen-bond donors (Lipinski definition) is 2. The lowest BCUT2D eigenvalue weighted by atomic mass is 10.2. The maximum atomic E-state index is 13.4. The Morgan fingerprint density at radius 3 is 2.76 bits per heavy atom. The summed E-state index contributed by atoms with van der Waals surface area (Å²) < 4.78 is 18.0. The lowest BCUT2D eigenvalue weighted by molar-refractivity contribution is -0.906. The quantitative estimate of drug-likeness (QED) is 0.394. The van der Waals surface area contributed by atoms with Crippen LogP contribution >= 0.6 is 0 Å². The molecule has 1 saturated heterocycles. The van der Waals surface area contributed by atoms with Crippen LogP contribution in [-0.4, -0.2) is 79.2 Å². The van der Waals surface area contributed by atoms with E-state index in [2.05, 4.69) is 27.2 Å². The van der Waals surface area contributed by atoms with Crippen LogP contribution in [0.2, 0.25) is 0 Å². The van der Waals surface area contributed by atoms with Gasteiger partial charge in [-0.15, -0.1) is 0 Å². The summed E-state index contributed by atoms with van der Waals surface area (Å²) >= 11 is 0. The van der Waals surface area contributed by atoms with E-state index in [-0.39, 0.29) is 5.56 Å². The molecule has 0 spiro atoms. The van der Waals surface area contributed by atoms with Crippen LogP contribution in [0.15, 0.2) is 35.4 Å². The predicted octanol–water partition coefficient (Wildman–Crippen LogP) is 0.616. The summed E-state index contributed by atoms with van der Waals surface area (Å²) in [6.45, 7) is 8.72. The van der Waals surface area contributed by atoms with Gasteiger partial charge in [-0.1, -0.05) is 6.92 Å². The van der Waals surface area contributed by atoms with Crippen LogP contribution in [0, 0.1) is 0 Å². The van der Waals surface area contributed by atoms with Gasteiger partial charge in [0.2, 0.25) is 5.88 Å². The molecule has 0 atom stereocenters. The van der Waals surface area contributed by atoms with E-state index in [1.807, 2.05) is 12.1 Å². The molecule has 0 unspecified atom stereocenters. The fraction of sp³-hybridized carbons (Fsp3) is 0.500. The lowest BCUT2D eigenvalue weighted by Gasteiger charge is -2.23. The molecule has 10 heteroatoms. The topological polar surface area (TPSA) is 105 Å². The SMILES string of the molecule is CCCOCCn1c(=O)c(NCC[NH+]2CCOCC2)nc2cnc(-c3ccc(OC)nc3)cc21. The van der Waals surface area contributed by atoms with Crippen LogP contribution in [0.3, 0.4) is 0 Å². The van der Waals surface area contributed by atoms with Gasteiger partial charge in [-0.25, -0.2) is 9.97 Å². The first-order chi connectivity index (χ1) is 16.7. The standard InChI is InChI=1S/C24H32N6O4/c1-3-11-33-14-10-30-21-15-19(18-4-5-22(32-2)27-16-18)26-17-20(21)28-23(24(30)31)25-6-7-29-8-12-34-13-9-29/h4-5,15-17H,3,6-14H2,1-2H3,(H,25,28)/p+1. The first kappa shape index (κ1) is 24.1. The van der Waals surface area contributed by atoms with Gasteiger partial charge < -0.3 is 29.0 Å². The predicted molar refractivity (Wildman–Crippen MR) is 130 cm³/mol. The molecule has 2 N–H and O–H groups in total. The Hall–Kier alpha value is -3.08. The number of anilines is 1. The van der Waals surface area contributed by atoms with E-state index in [4.69, 9.17) is 14.2 Å². The highest BCUT2D eigenvalue weighted by Gasteiger charge is 2.16. The molecular formula is C24H33N6O4+. The largest absolute Gasteiger partial charge is 0.481 e. The average molecular weight is 470 g/mol. The smallest absolute Gasteiger partial charge is 0.293 e. The molecule has 1 fully saturated rings. The highest BCUT2D eigenvalue weighted by molar-refractivity contribution is 5.80. The zero-order valence-corrected chi connectivity index (χ0v) is 19.9. The normalized spacial score (nSPS) is 14.4. The van der Waals surface area contributed by atoms with E-state index in [1.54, 1.807) is 30.1 Å². The number of rotatable bonds is 11. The number of aromatic nitrogens is 4. The zero-order chi connectivity index (χ0) is 23.8. The van der Waals surface area contributed by atoms with Gasteiger partial charge >= 0.3 is 0 Å². The van der Waals surface area contributed by atoms with Crippen LogP contribution in [0.4, 0.5) is 5.82 Å². The van der Waals surface area contributed by atoms with Gasteiger partial charge in [0.1, 0.15) is 18.6 Å². The maximum absolute atomic E-state index is 13.4. The second-order valence-corrected chi connectivity index (χ2v) is 8.22. The molecule has 0 aliphatic carbocycles. The summed E-state index contributed by atoms with van der Waals surface area (Å²) in [4.78, 5) is 28.3. The van der Waals surface area contributed by atoms with Crippen molar-refractivity contribution in [1.82, 2.24) is 19.5 Å². The van der Waals surface area contributed by atoms with E-state index in [9.17, 15) is 4.79 Å². The molecule has 0 bridgehead atoms. The molecule has 4 rings (SSSR count). The second-order valence-electron chi connectivity index (χ2n) is 8.22. The number of quaternary nitrogens is 1. The molecule has 182 valence electrons. The Balaban J connectivity index is 1.61. The molecule has 34 heavy (non-hydrogen) atoms. The minimum Gasteiger partial charge on any atom is -0.481 e. The molecule has 3 aromatic heterocycles. The molecule has 0 radical (unpaired) electrons. The van der Waals surface area contributed by atoms with E-state index >= 15 is 0 Å². The van der Waals surface area contributed by atoms with Gasteiger partial charge in [-0.05, 0) is 18.6 Å². The Morgan fingerprint density at radius 2 is 2.03 bits per heavy atom. The van der Waals surface area contributed by atoms with E-state index in [1.165, 1.54) is 4.90 Å². The van der Waals surface area contributed by atoms with Crippen molar-refractivity contribution in [2.24, 2.45) is 0 Å². The third kappa shape index (κ3) is 5.88. The lowest BCUT2D eigenvalue weighted by Crippen LogP contribution is -3.14. The molecule has 0 aromatic carbocycles. The van der Waals surface area contributed by atoms with Crippen molar-refractivity contribution >= 4 is 16.9 Å². The summed E-state index contributed by atoms with van der Waals surface area (Å²) in [7, 11) is 1.58. The highest BCUT2D eigenvalue weighted by atomic mass is 16.5. The third-order valence-electron chi connectivity index (χ3n) is 5.85. The van der Waals surface area contributed by atoms with Crippen LogP contribution in [0.5, 0.6) is 5.88 Å². The van der Waals surface area contributed by atoms with Crippen molar-refractivity contribution < 1.29 is 19.1 Å². The number of morpholine rings is 1. The summed E-state index contributed by atoms with van der Waals surface area (Å²) in [5, 5.41) is 3.25. The maximum Gasteiger partial charge on any atom is 0.293 e. The summed E-state index contributed by atoms with van der Waals surface area (Å²) in [5.41, 5.74) is 2.76. The van der Waals surface area contributed by atoms with Gasteiger partial charge in [0.25, 0.3) is 5.56 Å². The van der Waals surface area contributed by atoms with Crippen LogP contribution in [0.1, 0.15) is 13.3 Å². The number of fused-ring (bicyclic) bond motifs is 1. The van der Waals surface area contributed by atoms with Gasteiger partial charge in [-0.3, -0.25) is 9.78 Å². The number of ether oxygens (including phenoxy) is 3. The molecule has 1 aliphatic rings. The molecule has 1 aliphatic heterocycles. The first-order valence-electron chi connectivity index (χ1n) is 11.8. The fourth-order valence-corrected chi connectivity index (χ4v) is 3.96. The average Bonchev–Trinajstić information content (AvgIpc) is 2.88.